The Labute approximate surface area is 140 Å². The molecule has 2 rings (SSSR count). The molecule has 0 N–H and O–H groups in total. The molecule has 100 valence electrons. The van der Waals surface area contributed by atoms with Gasteiger partial charge in [0.1, 0.15) is 5.75 Å². The summed E-state index contributed by atoms with van der Waals surface area (Å²) in [4.78, 5) is 0. The van der Waals surface area contributed by atoms with Gasteiger partial charge >= 0.3 is 0 Å². The highest BCUT2D eigenvalue weighted by Gasteiger charge is 2.14. The minimum absolute atomic E-state index is 0.167. The van der Waals surface area contributed by atoms with Gasteiger partial charge in [-0.2, -0.15) is 0 Å². The Morgan fingerprint density at radius 2 is 1.89 bits per heavy atom. The average molecular weight is 452 g/mol. The van der Waals surface area contributed by atoms with Crippen LogP contribution in [-0.4, -0.2) is 6.61 Å². The summed E-state index contributed by atoms with van der Waals surface area (Å²) in [5.41, 5.74) is 2.14. The van der Waals surface area contributed by atoms with Gasteiger partial charge in [-0.05, 0) is 71.0 Å². The standard InChI is InChI=1S/C15H13BrClIO/c1-2-19-12-6-3-10(4-7-12)15(17)13-9-11(18)5-8-14(13)16/h3-9,15H,2H2,1H3. The van der Waals surface area contributed by atoms with Crippen LogP contribution >= 0.6 is 50.1 Å². The van der Waals surface area contributed by atoms with Gasteiger partial charge in [0.15, 0.2) is 0 Å². The van der Waals surface area contributed by atoms with Gasteiger partial charge in [-0.3, -0.25) is 0 Å². The number of hydrogen-bond acceptors (Lipinski definition) is 1. The molecule has 0 aliphatic carbocycles. The molecule has 0 bridgehead atoms. The van der Waals surface area contributed by atoms with E-state index in [1.807, 2.05) is 37.3 Å². The maximum absolute atomic E-state index is 6.56. The van der Waals surface area contributed by atoms with Crippen LogP contribution in [-0.2, 0) is 0 Å². The van der Waals surface area contributed by atoms with Gasteiger partial charge in [-0.15, -0.1) is 11.6 Å². The second-order valence-corrected chi connectivity index (χ2v) is 6.57. The molecule has 0 amide bonds. The third kappa shape index (κ3) is 3.86. The van der Waals surface area contributed by atoms with E-state index in [0.29, 0.717) is 6.61 Å². The number of alkyl halides is 1. The highest BCUT2D eigenvalue weighted by atomic mass is 127. The zero-order valence-corrected chi connectivity index (χ0v) is 14.9. The molecule has 0 aromatic heterocycles. The molecule has 0 aliphatic rings. The summed E-state index contributed by atoms with van der Waals surface area (Å²) in [5.74, 6) is 0.872. The van der Waals surface area contributed by atoms with Crippen molar-refractivity contribution >= 4 is 50.1 Å². The van der Waals surface area contributed by atoms with Crippen molar-refractivity contribution in [1.29, 1.82) is 0 Å². The lowest BCUT2D eigenvalue weighted by Crippen LogP contribution is -1.96. The zero-order valence-electron chi connectivity index (χ0n) is 10.4. The Hall–Kier alpha value is -0.260. The summed E-state index contributed by atoms with van der Waals surface area (Å²) in [6.07, 6.45) is 0. The van der Waals surface area contributed by atoms with Crippen LogP contribution in [0.2, 0.25) is 0 Å². The van der Waals surface area contributed by atoms with E-state index in [1.165, 1.54) is 3.57 Å². The SMILES string of the molecule is CCOc1ccc(C(Cl)c2cc(I)ccc2Br)cc1. The molecule has 0 spiro atoms. The lowest BCUT2D eigenvalue weighted by Gasteiger charge is -2.13. The first-order valence-electron chi connectivity index (χ1n) is 5.93. The summed E-state index contributed by atoms with van der Waals surface area (Å²) in [6, 6.07) is 14.1. The number of hydrogen-bond donors (Lipinski definition) is 0. The quantitative estimate of drug-likeness (QED) is 0.423. The van der Waals surface area contributed by atoms with Crippen molar-refractivity contribution < 1.29 is 4.74 Å². The van der Waals surface area contributed by atoms with Gasteiger partial charge in [-0.1, -0.05) is 28.1 Å². The van der Waals surface area contributed by atoms with E-state index >= 15 is 0 Å². The summed E-state index contributed by atoms with van der Waals surface area (Å²) in [6.45, 7) is 2.65. The summed E-state index contributed by atoms with van der Waals surface area (Å²) in [5, 5.41) is -0.167. The van der Waals surface area contributed by atoms with Gasteiger partial charge in [-0.25, -0.2) is 0 Å². The molecule has 0 aliphatic heterocycles. The fourth-order valence-corrected chi connectivity index (χ4v) is 3.24. The normalized spacial score (nSPS) is 12.2. The Morgan fingerprint density at radius 3 is 2.53 bits per heavy atom. The van der Waals surface area contributed by atoms with Crippen LogP contribution in [0.4, 0.5) is 0 Å². The number of halogens is 3. The number of rotatable bonds is 4. The van der Waals surface area contributed by atoms with Crippen LogP contribution in [0.3, 0.4) is 0 Å². The molecular weight excluding hydrogens is 438 g/mol. The molecule has 1 atom stereocenters. The third-order valence-electron chi connectivity index (χ3n) is 2.71. The first-order chi connectivity index (χ1) is 9.11. The smallest absolute Gasteiger partial charge is 0.119 e. The molecule has 4 heteroatoms. The molecule has 1 unspecified atom stereocenters. The van der Waals surface area contributed by atoms with E-state index in [4.69, 9.17) is 16.3 Å². The lowest BCUT2D eigenvalue weighted by atomic mass is 10.0. The van der Waals surface area contributed by atoms with E-state index in [9.17, 15) is 0 Å². The van der Waals surface area contributed by atoms with Crippen molar-refractivity contribution in [3.8, 4) is 5.75 Å². The van der Waals surface area contributed by atoms with E-state index < -0.39 is 0 Å². The fourth-order valence-electron chi connectivity index (χ4n) is 1.79. The predicted molar refractivity (Wildman–Crippen MR) is 92.2 cm³/mol. The molecule has 0 heterocycles. The summed E-state index contributed by atoms with van der Waals surface area (Å²) >= 11 is 12.4. The number of ether oxygens (including phenoxy) is 1. The highest BCUT2D eigenvalue weighted by molar-refractivity contribution is 14.1. The molecule has 0 fully saturated rings. The lowest BCUT2D eigenvalue weighted by molar-refractivity contribution is 0.340. The van der Waals surface area contributed by atoms with E-state index in [0.717, 1.165) is 21.3 Å². The minimum Gasteiger partial charge on any atom is -0.494 e. The molecule has 0 saturated carbocycles. The summed E-state index contributed by atoms with van der Waals surface area (Å²) < 4.78 is 7.64. The maximum atomic E-state index is 6.56. The van der Waals surface area contributed by atoms with Gasteiger partial charge < -0.3 is 4.74 Å². The van der Waals surface area contributed by atoms with Crippen molar-refractivity contribution in [2.75, 3.05) is 6.61 Å². The second-order valence-electron chi connectivity index (χ2n) is 4.03. The van der Waals surface area contributed by atoms with Crippen molar-refractivity contribution in [2.24, 2.45) is 0 Å². The predicted octanol–water partition coefficient (Wildman–Crippen LogP) is 5.78. The van der Waals surface area contributed by atoms with Crippen molar-refractivity contribution in [1.82, 2.24) is 0 Å². The minimum atomic E-state index is -0.167. The van der Waals surface area contributed by atoms with E-state index in [1.54, 1.807) is 0 Å². The molecule has 0 radical (unpaired) electrons. The Balaban J connectivity index is 2.27. The Bertz CT molecular complexity index is 557. The molecule has 2 aromatic carbocycles. The first-order valence-corrected chi connectivity index (χ1v) is 8.24. The van der Waals surface area contributed by atoms with E-state index in [-0.39, 0.29) is 5.38 Å². The van der Waals surface area contributed by atoms with Gasteiger partial charge in [0.25, 0.3) is 0 Å². The largest absolute Gasteiger partial charge is 0.494 e. The topological polar surface area (TPSA) is 9.23 Å². The van der Waals surface area contributed by atoms with Crippen LogP contribution in [0.15, 0.2) is 46.9 Å². The van der Waals surface area contributed by atoms with E-state index in [2.05, 4.69) is 50.7 Å². The van der Waals surface area contributed by atoms with Crippen LogP contribution in [0.25, 0.3) is 0 Å². The Kier molecular flexibility index (Phi) is 5.54. The third-order valence-corrected chi connectivity index (χ3v) is 4.60. The van der Waals surface area contributed by atoms with Crippen LogP contribution in [0, 0.1) is 3.57 Å². The van der Waals surface area contributed by atoms with Crippen LogP contribution in [0.5, 0.6) is 5.75 Å². The Morgan fingerprint density at radius 1 is 1.21 bits per heavy atom. The maximum Gasteiger partial charge on any atom is 0.119 e. The molecule has 1 nitrogen and oxygen atoms in total. The van der Waals surface area contributed by atoms with Crippen molar-refractivity contribution in [2.45, 2.75) is 12.3 Å². The molecule has 0 saturated heterocycles. The monoisotopic (exact) mass is 450 g/mol. The molecular formula is C15H13BrClIO. The first kappa shape index (κ1) is 15.1. The van der Waals surface area contributed by atoms with Crippen molar-refractivity contribution in [3.63, 3.8) is 0 Å². The van der Waals surface area contributed by atoms with Gasteiger partial charge in [0.2, 0.25) is 0 Å². The zero-order chi connectivity index (χ0) is 13.8. The van der Waals surface area contributed by atoms with Gasteiger partial charge in [0, 0.05) is 8.04 Å². The van der Waals surface area contributed by atoms with Gasteiger partial charge in [0.05, 0.1) is 12.0 Å². The molecule has 2 aromatic rings. The summed E-state index contributed by atoms with van der Waals surface area (Å²) in [7, 11) is 0. The fraction of sp³-hybridized carbons (Fsp3) is 0.200. The van der Waals surface area contributed by atoms with Crippen molar-refractivity contribution in [3.05, 3.63) is 61.6 Å². The second kappa shape index (κ2) is 6.95. The average Bonchev–Trinajstić information content (AvgIpc) is 2.42. The van der Waals surface area contributed by atoms with Crippen LogP contribution in [0.1, 0.15) is 23.4 Å². The molecule has 19 heavy (non-hydrogen) atoms. The highest BCUT2D eigenvalue weighted by Crippen LogP contribution is 2.35. The number of benzene rings is 2. The van der Waals surface area contributed by atoms with Crippen LogP contribution < -0.4 is 4.74 Å².